The van der Waals surface area contributed by atoms with Crippen molar-refractivity contribution in [1.82, 2.24) is 9.55 Å². The summed E-state index contributed by atoms with van der Waals surface area (Å²) in [5.41, 5.74) is -0.0124. The first-order chi connectivity index (χ1) is 7.59. The van der Waals surface area contributed by atoms with Crippen molar-refractivity contribution in [3.8, 4) is 0 Å². The quantitative estimate of drug-likeness (QED) is 0.814. The minimum Gasteiger partial charge on any atom is -0.372 e. The van der Waals surface area contributed by atoms with Crippen LogP contribution in [0.15, 0.2) is 15.7 Å². The first-order valence-corrected chi connectivity index (χ1v) is 5.57. The van der Waals surface area contributed by atoms with Crippen LogP contribution in [0, 0.1) is 0 Å². The lowest BCUT2D eigenvalue weighted by Crippen LogP contribution is -2.37. The van der Waals surface area contributed by atoms with E-state index in [1.807, 2.05) is 13.8 Å². The molecule has 1 fully saturated rings. The molecule has 16 heavy (non-hydrogen) atoms. The van der Waals surface area contributed by atoms with Gasteiger partial charge in [-0.1, -0.05) is 0 Å². The lowest BCUT2D eigenvalue weighted by atomic mass is 10.2. The largest absolute Gasteiger partial charge is 0.372 e. The van der Waals surface area contributed by atoms with Gasteiger partial charge in [0.25, 0.3) is 5.56 Å². The van der Waals surface area contributed by atoms with Gasteiger partial charge in [-0.3, -0.25) is 9.36 Å². The molecule has 0 spiro atoms. The number of nitrogens with zero attached hydrogens (tertiary/aromatic N) is 1. The van der Waals surface area contributed by atoms with E-state index in [0.29, 0.717) is 12.3 Å². The molecule has 0 saturated carbocycles. The molecule has 0 unspecified atom stereocenters. The fourth-order valence-corrected chi connectivity index (χ4v) is 2.01. The molecule has 5 nitrogen and oxygen atoms in total. The Bertz CT molecular complexity index is 449. The Hall–Kier alpha value is -1.36. The molecule has 1 N–H and O–H groups in total. The van der Waals surface area contributed by atoms with E-state index < -0.39 is 0 Å². The molecule has 1 aromatic heterocycles. The first kappa shape index (κ1) is 11.1. The summed E-state index contributed by atoms with van der Waals surface area (Å²) in [6, 6.07) is 1.34. The fraction of sp³-hybridized carbons (Fsp3) is 0.636. The Labute approximate surface area is 93.1 Å². The van der Waals surface area contributed by atoms with Crippen LogP contribution < -0.4 is 11.2 Å². The van der Waals surface area contributed by atoms with E-state index in [4.69, 9.17) is 4.74 Å². The zero-order valence-corrected chi connectivity index (χ0v) is 9.53. The van der Waals surface area contributed by atoms with Crippen molar-refractivity contribution in [2.75, 3.05) is 6.61 Å². The molecule has 1 saturated heterocycles. The third-order valence-electron chi connectivity index (χ3n) is 2.78. The number of hydrogen-bond acceptors (Lipinski definition) is 3. The van der Waals surface area contributed by atoms with Gasteiger partial charge in [0.15, 0.2) is 0 Å². The van der Waals surface area contributed by atoms with Gasteiger partial charge in [0.1, 0.15) is 0 Å². The SMILES string of the molecule is CC(C)n1c(=O)cc([C@@H]2CCCO2)[nH]c1=O. The normalized spacial score (nSPS) is 20.6. The number of ether oxygens (including phenoxy) is 1. The summed E-state index contributed by atoms with van der Waals surface area (Å²) in [5, 5.41) is 0. The third-order valence-corrected chi connectivity index (χ3v) is 2.78. The molecule has 1 atom stereocenters. The Morgan fingerprint density at radius 1 is 1.50 bits per heavy atom. The minimum atomic E-state index is -0.354. The van der Waals surface area contributed by atoms with E-state index in [0.717, 1.165) is 12.8 Å². The van der Waals surface area contributed by atoms with Gasteiger partial charge < -0.3 is 9.72 Å². The van der Waals surface area contributed by atoms with E-state index >= 15 is 0 Å². The van der Waals surface area contributed by atoms with Crippen LogP contribution in [0.4, 0.5) is 0 Å². The van der Waals surface area contributed by atoms with Crippen LogP contribution in [0.1, 0.15) is 44.5 Å². The summed E-state index contributed by atoms with van der Waals surface area (Å²) in [6.45, 7) is 4.31. The highest BCUT2D eigenvalue weighted by Gasteiger charge is 2.20. The maximum Gasteiger partial charge on any atom is 0.328 e. The van der Waals surface area contributed by atoms with Crippen molar-refractivity contribution in [1.29, 1.82) is 0 Å². The molecule has 0 aromatic carbocycles. The van der Waals surface area contributed by atoms with E-state index in [-0.39, 0.29) is 23.4 Å². The molecule has 2 heterocycles. The van der Waals surface area contributed by atoms with Crippen LogP contribution in [0.3, 0.4) is 0 Å². The number of hydrogen-bond donors (Lipinski definition) is 1. The minimum absolute atomic E-state index is 0.123. The second-order valence-electron chi connectivity index (χ2n) is 4.33. The number of H-pyrrole nitrogens is 1. The molecule has 88 valence electrons. The highest BCUT2D eigenvalue weighted by Crippen LogP contribution is 2.25. The smallest absolute Gasteiger partial charge is 0.328 e. The standard InChI is InChI=1S/C11H16N2O3/c1-7(2)13-10(14)6-8(12-11(13)15)9-4-3-5-16-9/h6-7,9H,3-5H2,1-2H3,(H,12,15)/t9-/m0/s1. The molecule has 0 bridgehead atoms. The number of rotatable bonds is 2. The summed E-state index contributed by atoms with van der Waals surface area (Å²) in [6.07, 6.45) is 1.71. The van der Waals surface area contributed by atoms with Crippen molar-refractivity contribution in [2.24, 2.45) is 0 Å². The van der Waals surface area contributed by atoms with Gasteiger partial charge in [-0.2, -0.15) is 0 Å². The molecule has 1 aliphatic rings. The first-order valence-electron chi connectivity index (χ1n) is 5.57. The number of nitrogens with one attached hydrogen (secondary N) is 1. The Morgan fingerprint density at radius 2 is 2.25 bits per heavy atom. The monoisotopic (exact) mass is 224 g/mol. The van der Waals surface area contributed by atoms with Crippen molar-refractivity contribution in [2.45, 2.75) is 38.8 Å². The summed E-state index contributed by atoms with van der Waals surface area (Å²) in [5.74, 6) is 0. The maximum absolute atomic E-state index is 11.7. The predicted molar refractivity (Wildman–Crippen MR) is 59.6 cm³/mol. The van der Waals surface area contributed by atoms with E-state index in [2.05, 4.69) is 4.98 Å². The van der Waals surface area contributed by atoms with Gasteiger partial charge in [-0.05, 0) is 26.7 Å². The van der Waals surface area contributed by atoms with Gasteiger partial charge >= 0.3 is 5.69 Å². The van der Waals surface area contributed by atoms with Crippen molar-refractivity contribution in [3.05, 3.63) is 32.6 Å². The third kappa shape index (κ3) is 1.95. The van der Waals surface area contributed by atoms with Crippen LogP contribution in [-0.2, 0) is 4.74 Å². The second kappa shape index (κ2) is 4.25. The van der Waals surface area contributed by atoms with Crippen LogP contribution in [0.5, 0.6) is 0 Å². The molecule has 0 aliphatic carbocycles. The van der Waals surface area contributed by atoms with Crippen molar-refractivity contribution in [3.63, 3.8) is 0 Å². The molecule has 1 aromatic rings. The predicted octanol–water partition coefficient (Wildman–Crippen LogP) is 0.969. The highest BCUT2D eigenvalue weighted by atomic mass is 16.5. The summed E-state index contributed by atoms with van der Waals surface area (Å²) < 4.78 is 6.64. The lowest BCUT2D eigenvalue weighted by Gasteiger charge is -2.12. The Kier molecular flexibility index (Phi) is 2.96. The topological polar surface area (TPSA) is 64.1 Å². The van der Waals surface area contributed by atoms with Crippen LogP contribution in [0.2, 0.25) is 0 Å². The van der Waals surface area contributed by atoms with Crippen LogP contribution in [0.25, 0.3) is 0 Å². The van der Waals surface area contributed by atoms with Gasteiger partial charge in [0.05, 0.1) is 11.8 Å². The summed E-state index contributed by atoms with van der Waals surface area (Å²) in [7, 11) is 0. The molecule has 1 aliphatic heterocycles. The van der Waals surface area contributed by atoms with Gasteiger partial charge in [-0.25, -0.2) is 4.79 Å². The number of aromatic amines is 1. The maximum atomic E-state index is 11.7. The molecular weight excluding hydrogens is 208 g/mol. The molecule has 5 heteroatoms. The van der Waals surface area contributed by atoms with Crippen LogP contribution in [-0.4, -0.2) is 16.2 Å². The van der Waals surface area contributed by atoms with Gasteiger partial charge in [-0.15, -0.1) is 0 Å². The zero-order chi connectivity index (χ0) is 11.7. The van der Waals surface area contributed by atoms with Gasteiger partial charge in [0.2, 0.25) is 0 Å². The van der Waals surface area contributed by atoms with Gasteiger partial charge in [0, 0.05) is 18.7 Å². The lowest BCUT2D eigenvalue weighted by molar-refractivity contribution is 0.108. The Morgan fingerprint density at radius 3 is 2.75 bits per heavy atom. The highest BCUT2D eigenvalue weighted by molar-refractivity contribution is 5.05. The molecule has 0 amide bonds. The van der Waals surface area contributed by atoms with Crippen LogP contribution >= 0.6 is 0 Å². The van der Waals surface area contributed by atoms with E-state index in [9.17, 15) is 9.59 Å². The zero-order valence-electron chi connectivity index (χ0n) is 9.53. The summed E-state index contributed by atoms with van der Waals surface area (Å²) >= 11 is 0. The molecular formula is C11H16N2O3. The average molecular weight is 224 g/mol. The fourth-order valence-electron chi connectivity index (χ4n) is 2.01. The van der Waals surface area contributed by atoms with Crippen molar-refractivity contribution < 1.29 is 4.74 Å². The van der Waals surface area contributed by atoms with E-state index in [1.54, 1.807) is 0 Å². The number of aromatic nitrogens is 2. The second-order valence-corrected chi connectivity index (χ2v) is 4.33. The van der Waals surface area contributed by atoms with E-state index in [1.165, 1.54) is 10.6 Å². The Balaban J connectivity index is 2.44. The summed E-state index contributed by atoms with van der Waals surface area (Å²) in [4.78, 5) is 26.2. The molecule has 0 radical (unpaired) electrons. The average Bonchev–Trinajstić information content (AvgIpc) is 2.67. The molecule has 2 rings (SSSR count). The van der Waals surface area contributed by atoms with Crippen molar-refractivity contribution >= 4 is 0 Å².